The van der Waals surface area contributed by atoms with Gasteiger partial charge in [0.05, 0.1) is 0 Å². The molecule has 6 heteroatoms. The summed E-state index contributed by atoms with van der Waals surface area (Å²) in [6.07, 6.45) is 4.52. The van der Waals surface area contributed by atoms with Gasteiger partial charge in [-0.25, -0.2) is 0 Å². The van der Waals surface area contributed by atoms with E-state index in [1.165, 1.54) is 6.42 Å². The summed E-state index contributed by atoms with van der Waals surface area (Å²) in [6, 6.07) is 0.499. The van der Waals surface area contributed by atoms with Crippen molar-refractivity contribution in [2.45, 2.75) is 52.5 Å². The van der Waals surface area contributed by atoms with E-state index >= 15 is 0 Å². The number of nitrogens with zero attached hydrogens (tertiary/aromatic N) is 1. The van der Waals surface area contributed by atoms with Crippen LogP contribution in [0, 0.1) is 5.41 Å². The van der Waals surface area contributed by atoms with E-state index in [2.05, 4.69) is 36.3 Å². The summed E-state index contributed by atoms with van der Waals surface area (Å²) in [4.78, 5) is 2.35. The van der Waals surface area contributed by atoms with Crippen LogP contribution in [-0.2, 0) is 0 Å². The third kappa shape index (κ3) is 13.1. The molecule has 0 spiro atoms. The highest BCUT2D eigenvalue weighted by Gasteiger charge is 2.15. The molecule has 0 radical (unpaired) electrons. The minimum absolute atomic E-state index is 0.364. The van der Waals surface area contributed by atoms with E-state index in [-0.39, 0.29) is 0 Å². The minimum atomic E-state index is 0.364. The fraction of sp³-hybridized carbons (Fsp3) is 1.00. The molecule has 6 nitrogen and oxygen atoms in total. The summed E-state index contributed by atoms with van der Waals surface area (Å²) >= 11 is 0. The molecule has 0 unspecified atom stereocenters. The molecule has 0 aliphatic heterocycles. The van der Waals surface area contributed by atoms with Crippen LogP contribution in [-0.4, -0.2) is 69.8 Å². The first-order valence-corrected chi connectivity index (χ1v) is 9.75. The second-order valence-corrected chi connectivity index (χ2v) is 7.50. The Bertz CT molecular complexity index is 266. The van der Waals surface area contributed by atoms with Crippen molar-refractivity contribution in [1.82, 2.24) is 15.5 Å². The molecule has 0 amide bonds. The molecule has 0 aromatic carbocycles. The maximum absolute atomic E-state index is 5.68. The van der Waals surface area contributed by atoms with Crippen LogP contribution in [0.3, 0.4) is 0 Å². The summed E-state index contributed by atoms with van der Waals surface area (Å²) in [5, 5.41) is 7.32. The van der Waals surface area contributed by atoms with E-state index in [0.717, 1.165) is 65.1 Å². The van der Waals surface area contributed by atoms with Crippen molar-refractivity contribution in [3.05, 3.63) is 0 Å². The zero-order valence-corrected chi connectivity index (χ0v) is 16.4. The van der Waals surface area contributed by atoms with Gasteiger partial charge in [0.15, 0.2) is 0 Å². The number of rotatable bonds is 17. The third-order valence-electron chi connectivity index (χ3n) is 4.68. The SMILES string of the molecule is CCC(C)(C)CNC[C@H](CCCN)NCCCN(CCN)CCN. The van der Waals surface area contributed by atoms with Crippen LogP contribution >= 0.6 is 0 Å². The second kappa shape index (κ2) is 15.0. The molecule has 8 N–H and O–H groups in total. The van der Waals surface area contributed by atoms with Crippen LogP contribution in [0.1, 0.15) is 46.5 Å². The summed E-state index contributed by atoms with van der Waals surface area (Å²) < 4.78 is 0. The zero-order valence-electron chi connectivity index (χ0n) is 16.4. The molecule has 0 saturated carbocycles. The predicted octanol–water partition coefficient (Wildman–Crippen LogP) is 0.319. The molecule has 0 aromatic heterocycles. The Morgan fingerprint density at radius 1 is 0.958 bits per heavy atom. The number of nitrogens with two attached hydrogens (primary N) is 3. The Balaban J connectivity index is 4.04. The summed E-state index contributed by atoms with van der Waals surface area (Å²) in [5.74, 6) is 0. The average molecular weight is 345 g/mol. The summed E-state index contributed by atoms with van der Waals surface area (Å²) in [7, 11) is 0. The molecular weight excluding hydrogens is 300 g/mol. The fourth-order valence-electron chi connectivity index (χ4n) is 2.66. The highest BCUT2D eigenvalue weighted by atomic mass is 15.1. The molecule has 1 atom stereocenters. The van der Waals surface area contributed by atoms with Crippen molar-refractivity contribution in [3.8, 4) is 0 Å². The molecule has 0 aliphatic carbocycles. The Labute approximate surface area is 150 Å². The number of hydrogen-bond donors (Lipinski definition) is 5. The van der Waals surface area contributed by atoms with E-state index in [1.807, 2.05) is 0 Å². The molecule has 0 bridgehead atoms. The quantitative estimate of drug-likeness (QED) is 0.243. The van der Waals surface area contributed by atoms with Crippen molar-refractivity contribution >= 4 is 0 Å². The van der Waals surface area contributed by atoms with E-state index in [0.29, 0.717) is 24.5 Å². The smallest absolute Gasteiger partial charge is 0.0192 e. The zero-order chi connectivity index (χ0) is 18.3. The van der Waals surface area contributed by atoms with Crippen LogP contribution in [0.25, 0.3) is 0 Å². The van der Waals surface area contributed by atoms with Crippen molar-refractivity contribution in [2.24, 2.45) is 22.6 Å². The Morgan fingerprint density at radius 3 is 2.17 bits per heavy atom. The van der Waals surface area contributed by atoms with E-state index in [9.17, 15) is 0 Å². The van der Waals surface area contributed by atoms with Crippen LogP contribution in [0.2, 0.25) is 0 Å². The van der Waals surface area contributed by atoms with Gasteiger partial charge in [-0.2, -0.15) is 0 Å². The molecule has 0 saturated heterocycles. The molecule has 0 heterocycles. The van der Waals surface area contributed by atoms with Gasteiger partial charge in [-0.05, 0) is 50.7 Å². The largest absolute Gasteiger partial charge is 0.330 e. The van der Waals surface area contributed by atoms with Crippen molar-refractivity contribution in [2.75, 3.05) is 58.9 Å². The highest BCUT2D eigenvalue weighted by molar-refractivity contribution is 4.75. The van der Waals surface area contributed by atoms with Gasteiger partial charge in [-0.1, -0.05) is 20.8 Å². The normalized spacial score (nSPS) is 13.6. The van der Waals surface area contributed by atoms with Crippen LogP contribution in [0.15, 0.2) is 0 Å². The second-order valence-electron chi connectivity index (χ2n) is 7.50. The Hall–Kier alpha value is -0.240. The van der Waals surface area contributed by atoms with E-state index < -0.39 is 0 Å². The van der Waals surface area contributed by atoms with Crippen molar-refractivity contribution in [1.29, 1.82) is 0 Å². The lowest BCUT2D eigenvalue weighted by atomic mass is 9.90. The first kappa shape index (κ1) is 23.8. The van der Waals surface area contributed by atoms with Gasteiger partial charge in [0.25, 0.3) is 0 Å². The first-order chi connectivity index (χ1) is 11.5. The maximum atomic E-state index is 5.68. The predicted molar refractivity (Wildman–Crippen MR) is 106 cm³/mol. The van der Waals surface area contributed by atoms with Gasteiger partial charge in [0, 0.05) is 45.3 Å². The monoisotopic (exact) mass is 344 g/mol. The molecular formula is C18H44N6. The third-order valence-corrected chi connectivity index (χ3v) is 4.68. The van der Waals surface area contributed by atoms with E-state index in [1.54, 1.807) is 0 Å². The molecule has 0 rings (SSSR count). The molecule has 0 fully saturated rings. The number of hydrogen-bond acceptors (Lipinski definition) is 6. The Kier molecular flexibility index (Phi) is 14.9. The summed E-state index contributed by atoms with van der Waals surface area (Å²) in [6.45, 7) is 15.1. The first-order valence-electron chi connectivity index (χ1n) is 9.75. The standard InChI is InChI=1S/C18H44N6/c1-4-18(2,3)16-22-15-17(7-5-8-19)23-11-6-12-24(13-9-20)14-10-21/h17,22-23H,4-16,19-21H2,1-3H3/t17-/m0/s1. The highest BCUT2D eigenvalue weighted by Crippen LogP contribution is 2.17. The van der Waals surface area contributed by atoms with Gasteiger partial charge in [0.2, 0.25) is 0 Å². The fourth-order valence-corrected chi connectivity index (χ4v) is 2.66. The maximum Gasteiger partial charge on any atom is 0.0192 e. The topological polar surface area (TPSA) is 105 Å². The van der Waals surface area contributed by atoms with Crippen LogP contribution in [0.5, 0.6) is 0 Å². The average Bonchev–Trinajstić information content (AvgIpc) is 2.56. The van der Waals surface area contributed by atoms with Gasteiger partial charge in [0.1, 0.15) is 0 Å². The van der Waals surface area contributed by atoms with Gasteiger partial charge in [-0.3, -0.25) is 0 Å². The van der Waals surface area contributed by atoms with Crippen LogP contribution in [0.4, 0.5) is 0 Å². The Morgan fingerprint density at radius 2 is 1.62 bits per heavy atom. The van der Waals surface area contributed by atoms with Crippen molar-refractivity contribution in [3.63, 3.8) is 0 Å². The van der Waals surface area contributed by atoms with Gasteiger partial charge in [-0.15, -0.1) is 0 Å². The lowest BCUT2D eigenvalue weighted by Gasteiger charge is -2.26. The van der Waals surface area contributed by atoms with Crippen molar-refractivity contribution < 1.29 is 0 Å². The summed E-state index contributed by atoms with van der Waals surface area (Å²) in [5.41, 5.74) is 17.3. The lowest BCUT2D eigenvalue weighted by Crippen LogP contribution is -2.43. The minimum Gasteiger partial charge on any atom is -0.330 e. The van der Waals surface area contributed by atoms with Gasteiger partial charge < -0.3 is 32.7 Å². The van der Waals surface area contributed by atoms with Crippen LogP contribution < -0.4 is 27.8 Å². The molecule has 0 aromatic rings. The lowest BCUT2D eigenvalue weighted by molar-refractivity contribution is 0.278. The molecule has 0 aliphatic rings. The van der Waals surface area contributed by atoms with E-state index in [4.69, 9.17) is 17.2 Å². The van der Waals surface area contributed by atoms with Gasteiger partial charge >= 0.3 is 0 Å². The molecule has 146 valence electrons. The molecule has 24 heavy (non-hydrogen) atoms. The number of nitrogens with one attached hydrogen (secondary N) is 2.